The highest BCUT2D eigenvalue weighted by molar-refractivity contribution is 6.63. The van der Waals surface area contributed by atoms with E-state index in [4.69, 9.17) is 11.6 Å². The summed E-state index contributed by atoms with van der Waals surface area (Å²) in [6.07, 6.45) is 0. The fourth-order valence-corrected chi connectivity index (χ4v) is 0.689. The molecule has 0 aromatic carbocycles. The third-order valence-electron chi connectivity index (χ3n) is 1.17. The number of aromatic nitrogens is 3. The minimum absolute atomic E-state index is 0.421. The topological polar surface area (TPSA) is 76.9 Å². The molecule has 0 spiro atoms. The van der Waals surface area contributed by atoms with E-state index >= 15 is 0 Å². The number of rotatable bonds is 0. The summed E-state index contributed by atoms with van der Waals surface area (Å²) in [5, 5.41) is 0.908. The molecule has 0 unspecified atom stereocenters. The summed E-state index contributed by atoms with van der Waals surface area (Å²) in [6, 6.07) is 0. The number of carbonyl (C=O) groups is 1. The first-order chi connectivity index (χ1) is 5.04. The van der Waals surface area contributed by atoms with Crippen LogP contribution in [-0.4, -0.2) is 19.7 Å². The van der Waals surface area contributed by atoms with Crippen molar-refractivity contribution in [2.45, 2.75) is 0 Å². The number of aromatic amines is 1. The fraction of sp³-hybridized carbons (Fsp3) is 0.250. The standard InChI is InChI=1S/C4H4ClN3O3/c1-7-3(10)6-8(2(5)9)4(7)11/h1H3,(H,6,10). The first kappa shape index (κ1) is 7.80. The van der Waals surface area contributed by atoms with Crippen molar-refractivity contribution in [2.75, 3.05) is 0 Å². The summed E-state index contributed by atoms with van der Waals surface area (Å²) in [7, 11) is 1.23. The molecular formula is C4H4ClN3O3. The van der Waals surface area contributed by atoms with Crippen molar-refractivity contribution in [1.82, 2.24) is 14.3 Å². The normalized spacial score (nSPS) is 10.0. The van der Waals surface area contributed by atoms with Crippen LogP contribution in [0, 0.1) is 0 Å². The van der Waals surface area contributed by atoms with Crippen molar-refractivity contribution >= 4 is 17.0 Å². The second kappa shape index (κ2) is 2.39. The van der Waals surface area contributed by atoms with E-state index in [1.807, 2.05) is 5.10 Å². The lowest BCUT2D eigenvalue weighted by atomic mass is 11.0. The van der Waals surface area contributed by atoms with Crippen molar-refractivity contribution in [3.05, 3.63) is 21.0 Å². The number of nitrogens with one attached hydrogen (secondary N) is 1. The van der Waals surface area contributed by atoms with Gasteiger partial charge in [0.05, 0.1) is 0 Å². The van der Waals surface area contributed by atoms with E-state index in [1.165, 1.54) is 7.05 Å². The van der Waals surface area contributed by atoms with Crippen LogP contribution in [0.25, 0.3) is 0 Å². The zero-order chi connectivity index (χ0) is 8.59. The van der Waals surface area contributed by atoms with Crippen LogP contribution in [0.2, 0.25) is 0 Å². The van der Waals surface area contributed by atoms with Gasteiger partial charge in [-0.2, -0.15) is 4.68 Å². The molecular weight excluding hydrogens is 174 g/mol. The van der Waals surface area contributed by atoms with Gasteiger partial charge in [-0.1, -0.05) is 0 Å². The Labute approximate surface area is 65.0 Å². The molecule has 60 valence electrons. The molecule has 0 aliphatic carbocycles. The Morgan fingerprint density at radius 3 is 2.27 bits per heavy atom. The van der Waals surface area contributed by atoms with E-state index in [-0.39, 0.29) is 0 Å². The third kappa shape index (κ3) is 1.12. The van der Waals surface area contributed by atoms with E-state index in [9.17, 15) is 14.4 Å². The number of halogens is 1. The number of nitrogens with zero attached hydrogens (tertiary/aromatic N) is 2. The molecule has 1 aromatic heterocycles. The highest BCUT2D eigenvalue weighted by Crippen LogP contribution is 1.80. The monoisotopic (exact) mass is 177 g/mol. The molecule has 0 radical (unpaired) electrons. The molecule has 0 amide bonds. The maximum atomic E-state index is 10.8. The number of hydrogen-bond acceptors (Lipinski definition) is 3. The Morgan fingerprint density at radius 2 is 2.09 bits per heavy atom. The molecule has 1 N–H and O–H groups in total. The predicted octanol–water partition coefficient (Wildman–Crippen LogP) is -0.918. The smallest absolute Gasteiger partial charge is 0.253 e. The quantitative estimate of drug-likeness (QED) is 0.521. The van der Waals surface area contributed by atoms with E-state index in [1.54, 1.807) is 0 Å². The van der Waals surface area contributed by atoms with Gasteiger partial charge in [0.2, 0.25) is 0 Å². The molecule has 0 aliphatic rings. The van der Waals surface area contributed by atoms with Gasteiger partial charge in [0.15, 0.2) is 0 Å². The van der Waals surface area contributed by atoms with E-state index in [0.29, 0.717) is 4.68 Å². The Morgan fingerprint density at radius 1 is 1.55 bits per heavy atom. The number of H-pyrrole nitrogens is 1. The lowest BCUT2D eigenvalue weighted by Gasteiger charge is -1.85. The van der Waals surface area contributed by atoms with E-state index in [0.717, 1.165) is 4.57 Å². The zero-order valence-electron chi connectivity index (χ0n) is 5.50. The van der Waals surface area contributed by atoms with E-state index < -0.39 is 16.7 Å². The van der Waals surface area contributed by atoms with Gasteiger partial charge in [-0.05, 0) is 11.6 Å². The number of hydrogen-bond donors (Lipinski definition) is 1. The minimum Gasteiger partial charge on any atom is -0.253 e. The van der Waals surface area contributed by atoms with Crippen molar-refractivity contribution in [2.24, 2.45) is 7.05 Å². The molecule has 0 atom stereocenters. The van der Waals surface area contributed by atoms with Crippen molar-refractivity contribution in [1.29, 1.82) is 0 Å². The van der Waals surface area contributed by atoms with Crippen LogP contribution in [0.4, 0.5) is 4.79 Å². The maximum absolute atomic E-state index is 10.8. The molecule has 0 bridgehead atoms. The van der Waals surface area contributed by atoms with Gasteiger partial charge >= 0.3 is 16.7 Å². The summed E-state index contributed by atoms with van der Waals surface area (Å²) in [6.45, 7) is 0. The van der Waals surface area contributed by atoms with Crippen molar-refractivity contribution < 1.29 is 4.79 Å². The lowest BCUT2D eigenvalue weighted by molar-refractivity contribution is 0.257. The van der Waals surface area contributed by atoms with Crippen LogP contribution < -0.4 is 11.4 Å². The molecule has 1 heterocycles. The maximum Gasteiger partial charge on any atom is 0.355 e. The summed E-state index contributed by atoms with van der Waals surface area (Å²) in [5.41, 5.74) is -1.46. The zero-order valence-corrected chi connectivity index (χ0v) is 6.25. The predicted molar refractivity (Wildman–Crippen MR) is 36.9 cm³/mol. The average molecular weight is 178 g/mol. The summed E-state index contributed by atoms with van der Waals surface area (Å²) in [5.74, 6) is 0. The highest BCUT2D eigenvalue weighted by atomic mass is 35.5. The first-order valence-electron chi connectivity index (χ1n) is 2.62. The molecule has 0 saturated heterocycles. The van der Waals surface area contributed by atoms with Crippen LogP contribution in [0.3, 0.4) is 0 Å². The average Bonchev–Trinajstić information content (AvgIpc) is 2.17. The van der Waals surface area contributed by atoms with Gasteiger partial charge in [-0.3, -0.25) is 4.79 Å². The fourth-order valence-electron chi connectivity index (χ4n) is 0.574. The van der Waals surface area contributed by atoms with Gasteiger partial charge in [0.1, 0.15) is 0 Å². The van der Waals surface area contributed by atoms with Crippen LogP contribution in [-0.2, 0) is 7.05 Å². The van der Waals surface area contributed by atoms with Crippen LogP contribution in [0.5, 0.6) is 0 Å². The minimum atomic E-state index is -1.03. The molecule has 1 rings (SSSR count). The Hall–Kier alpha value is -1.30. The highest BCUT2D eigenvalue weighted by Gasteiger charge is 2.08. The van der Waals surface area contributed by atoms with E-state index in [2.05, 4.69) is 0 Å². The second-order valence-corrected chi connectivity index (χ2v) is 2.17. The summed E-state index contributed by atoms with van der Waals surface area (Å²) in [4.78, 5) is 31.8. The van der Waals surface area contributed by atoms with Crippen LogP contribution in [0.15, 0.2) is 9.59 Å². The van der Waals surface area contributed by atoms with Gasteiger partial charge in [-0.25, -0.2) is 19.3 Å². The second-order valence-electron chi connectivity index (χ2n) is 1.85. The summed E-state index contributed by atoms with van der Waals surface area (Å²) < 4.78 is 1.16. The van der Waals surface area contributed by atoms with Gasteiger partial charge < -0.3 is 0 Å². The van der Waals surface area contributed by atoms with Gasteiger partial charge in [0, 0.05) is 7.05 Å². The van der Waals surface area contributed by atoms with Crippen LogP contribution in [0.1, 0.15) is 0 Å². The molecule has 6 nitrogen and oxygen atoms in total. The molecule has 0 saturated carbocycles. The molecule has 1 aromatic rings. The number of carbonyl (C=O) groups excluding carboxylic acids is 1. The Kier molecular flexibility index (Phi) is 1.69. The van der Waals surface area contributed by atoms with Crippen LogP contribution >= 0.6 is 11.6 Å². The van der Waals surface area contributed by atoms with Crippen molar-refractivity contribution in [3.8, 4) is 0 Å². The first-order valence-corrected chi connectivity index (χ1v) is 2.99. The molecule has 11 heavy (non-hydrogen) atoms. The Bertz CT molecular complexity index is 397. The molecule has 7 heteroatoms. The lowest BCUT2D eigenvalue weighted by Crippen LogP contribution is -2.27. The van der Waals surface area contributed by atoms with Gasteiger partial charge in [-0.15, -0.1) is 0 Å². The molecule has 0 aliphatic heterocycles. The Balaban J connectivity index is 3.55. The summed E-state index contributed by atoms with van der Waals surface area (Å²) >= 11 is 4.93. The SMILES string of the molecule is Cn1c(=O)[nH]n(C(=O)Cl)c1=O. The largest absolute Gasteiger partial charge is 0.355 e. The van der Waals surface area contributed by atoms with Crippen molar-refractivity contribution in [3.63, 3.8) is 0 Å². The van der Waals surface area contributed by atoms with Gasteiger partial charge in [0.25, 0.3) is 0 Å². The molecule has 0 fully saturated rings. The third-order valence-corrected chi connectivity index (χ3v) is 1.34.